The fourth-order valence-corrected chi connectivity index (χ4v) is 1.90. The third-order valence-electron chi connectivity index (χ3n) is 3.33. The van der Waals surface area contributed by atoms with Gasteiger partial charge in [0.15, 0.2) is 0 Å². The molecule has 1 aliphatic carbocycles. The van der Waals surface area contributed by atoms with E-state index in [1.54, 1.807) is 0 Å². The average Bonchev–Trinajstić information content (AvgIpc) is 2.74. The molecule has 1 N–H and O–H groups in total. The summed E-state index contributed by atoms with van der Waals surface area (Å²) in [4.78, 5) is 0. The van der Waals surface area contributed by atoms with Crippen molar-refractivity contribution < 1.29 is 4.39 Å². The first-order chi connectivity index (χ1) is 6.99. The number of rotatable bonds is 3. The minimum Gasteiger partial charge on any atom is -0.307 e. The Morgan fingerprint density at radius 1 is 1.33 bits per heavy atom. The fraction of sp³-hybridized carbons (Fsp3) is 0.538. The SMILES string of the molecule is CC(NC1CC1(C)C)c1ccc(F)cc1. The Balaban J connectivity index is 1.97. The van der Waals surface area contributed by atoms with E-state index in [1.165, 1.54) is 18.6 Å². The highest BCUT2D eigenvalue weighted by Crippen LogP contribution is 2.45. The maximum absolute atomic E-state index is 12.7. The molecule has 1 aliphatic rings. The van der Waals surface area contributed by atoms with Gasteiger partial charge in [0.05, 0.1) is 0 Å². The maximum Gasteiger partial charge on any atom is 0.123 e. The third kappa shape index (κ3) is 2.37. The van der Waals surface area contributed by atoms with E-state index in [-0.39, 0.29) is 5.82 Å². The largest absolute Gasteiger partial charge is 0.307 e. The molecular weight excluding hydrogens is 189 g/mol. The molecule has 0 heterocycles. The summed E-state index contributed by atoms with van der Waals surface area (Å²) < 4.78 is 12.7. The predicted octanol–water partition coefficient (Wildman–Crippen LogP) is 3.27. The molecule has 0 amide bonds. The van der Waals surface area contributed by atoms with Crippen molar-refractivity contribution in [3.63, 3.8) is 0 Å². The number of nitrogens with one attached hydrogen (secondary N) is 1. The second-order valence-electron chi connectivity index (χ2n) is 5.19. The van der Waals surface area contributed by atoms with Gasteiger partial charge in [-0.25, -0.2) is 4.39 Å². The second kappa shape index (κ2) is 3.60. The predicted molar refractivity (Wildman–Crippen MR) is 60.1 cm³/mol. The van der Waals surface area contributed by atoms with Gasteiger partial charge in [0.2, 0.25) is 0 Å². The van der Waals surface area contributed by atoms with Gasteiger partial charge >= 0.3 is 0 Å². The zero-order valence-corrected chi connectivity index (χ0v) is 9.55. The normalized spacial score (nSPS) is 24.9. The van der Waals surface area contributed by atoms with Gasteiger partial charge in [-0.2, -0.15) is 0 Å². The van der Waals surface area contributed by atoms with E-state index in [0.717, 1.165) is 5.56 Å². The van der Waals surface area contributed by atoms with Gasteiger partial charge in [0, 0.05) is 12.1 Å². The Labute approximate surface area is 90.7 Å². The van der Waals surface area contributed by atoms with Crippen LogP contribution in [-0.2, 0) is 0 Å². The van der Waals surface area contributed by atoms with E-state index >= 15 is 0 Å². The van der Waals surface area contributed by atoms with Crippen molar-refractivity contribution >= 4 is 0 Å². The van der Waals surface area contributed by atoms with Crippen LogP contribution in [0.25, 0.3) is 0 Å². The zero-order valence-electron chi connectivity index (χ0n) is 9.55. The monoisotopic (exact) mass is 207 g/mol. The summed E-state index contributed by atoms with van der Waals surface area (Å²) >= 11 is 0. The average molecular weight is 207 g/mol. The molecule has 0 spiro atoms. The van der Waals surface area contributed by atoms with E-state index < -0.39 is 0 Å². The van der Waals surface area contributed by atoms with E-state index in [4.69, 9.17) is 0 Å². The molecule has 0 bridgehead atoms. The van der Waals surface area contributed by atoms with E-state index in [1.807, 2.05) is 12.1 Å². The first kappa shape index (κ1) is 10.6. The standard InChI is InChI=1S/C13H18FN/c1-9(15-12-8-13(12,2)3)10-4-6-11(14)7-5-10/h4-7,9,12,15H,8H2,1-3H3. The highest BCUT2D eigenvalue weighted by Gasteiger charge is 2.45. The van der Waals surface area contributed by atoms with Crippen molar-refractivity contribution in [1.29, 1.82) is 0 Å². The summed E-state index contributed by atoms with van der Waals surface area (Å²) in [5, 5.41) is 3.56. The van der Waals surface area contributed by atoms with Gasteiger partial charge < -0.3 is 5.32 Å². The number of hydrogen-bond donors (Lipinski definition) is 1. The van der Waals surface area contributed by atoms with Crippen molar-refractivity contribution in [1.82, 2.24) is 5.32 Å². The van der Waals surface area contributed by atoms with Gasteiger partial charge in [-0.3, -0.25) is 0 Å². The number of halogens is 1. The van der Waals surface area contributed by atoms with Gasteiger partial charge in [0.1, 0.15) is 5.82 Å². The van der Waals surface area contributed by atoms with Crippen LogP contribution in [0.5, 0.6) is 0 Å². The van der Waals surface area contributed by atoms with Gasteiger partial charge in [-0.1, -0.05) is 26.0 Å². The van der Waals surface area contributed by atoms with Crippen LogP contribution in [0.3, 0.4) is 0 Å². The van der Waals surface area contributed by atoms with Crippen LogP contribution < -0.4 is 5.32 Å². The zero-order chi connectivity index (χ0) is 11.1. The lowest BCUT2D eigenvalue weighted by atomic mass is 10.1. The molecule has 0 saturated heterocycles. The molecule has 2 unspecified atom stereocenters. The first-order valence-corrected chi connectivity index (χ1v) is 5.50. The molecule has 2 rings (SSSR count). The molecule has 2 atom stereocenters. The van der Waals surface area contributed by atoms with E-state index in [0.29, 0.717) is 17.5 Å². The molecule has 1 fully saturated rings. The molecule has 82 valence electrons. The highest BCUT2D eigenvalue weighted by atomic mass is 19.1. The van der Waals surface area contributed by atoms with Crippen LogP contribution in [0, 0.1) is 11.2 Å². The van der Waals surface area contributed by atoms with E-state index in [9.17, 15) is 4.39 Å². The topological polar surface area (TPSA) is 12.0 Å². The van der Waals surface area contributed by atoms with E-state index in [2.05, 4.69) is 26.1 Å². The van der Waals surface area contributed by atoms with Crippen LogP contribution in [0.2, 0.25) is 0 Å². The van der Waals surface area contributed by atoms with Crippen molar-refractivity contribution in [3.8, 4) is 0 Å². The molecular formula is C13H18FN. The summed E-state index contributed by atoms with van der Waals surface area (Å²) in [6.45, 7) is 6.66. The summed E-state index contributed by atoms with van der Waals surface area (Å²) in [5.41, 5.74) is 1.59. The minimum absolute atomic E-state index is 0.169. The fourth-order valence-electron chi connectivity index (χ4n) is 1.90. The lowest BCUT2D eigenvalue weighted by molar-refractivity contribution is 0.491. The van der Waals surface area contributed by atoms with Crippen molar-refractivity contribution in [2.24, 2.45) is 5.41 Å². The summed E-state index contributed by atoms with van der Waals surface area (Å²) in [5.74, 6) is -0.169. The molecule has 15 heavy (non-hydrogen) atoms. The Morgan fingerprint density at radius 2 is 1.87 bits per heavy atom. The minimum atomic E-state index is -0.169. The second-order valence-corrected chi connectivity index (χ2v) is 5.19. The van der Waals surface area contributed by atoms with Crippen LogP contribution in [-0.4, -0.2) is 6.04 Å². The lowest BCUT2D eigenvalue weighted by Gasteiger charge is -2.15. The summed E-state index contributed by atoms with van der Waals surface area (Å²) in [6, 6.07) is 7.65. The Bertz CT molecular complexity index is 342. The van der Waals surface area contributed by atoms with Crippen LogP contribution >= 0.6 is 0 Å². The van der Waals surface area contributed by atoms with Crippen molar-refractivity contribution in [2.75, 3.05) is 0 Å². The molecule has 1 aromatic carbocycles. The number of benzene rings is 1. The van der Waals surface area contributed by atoms with Crippen LogP contribution in [0.1, 0.15) is 38.8 Å². The van der Waals surface area contributed by atoms with Crippen molar-refractivity contribution in [2.45, 2.75) is 39.3 Å². The van der Waals surface area contributed by atoms with Gasteiger partial charge in [0.25, 0.3) is 0 Å². The lowest BCUT2D eigenvalue weighted by Crippen LogP contribution is -2.24. The Morgan fingerprint density at radius 3 is 2.33 bits per heavy atom. The summed E-state index contributed by atoms with van der Waals surface area (Å²) in [6.07, 6.45) is 1.23. The highest BCUT2D eigenvalue weighted by molar-refractivity contribution is 5.20. The quantitative estimate of drug-likeness (QED) is 0.802. The molecule has 2 heteroatoms. The Kier molecular flexibility index (Phi) is 2.55. The Hall–Kier alpha value is -0.890. The van der Waals surface area contributed by atoms with Gasteiger partial charge in [-0.05, 0) is 36.5 Å². The molecule has 0 aliphatic heterocycles. The molecule has 0 aromatic heterocycles. The van der Waals surface area contributed by atoms with Crippen LogP contribution in [0.15, 0.2) is 24.3 Å². The third-order valence-corrected chi connectivity index (χ3v) is 3.33. The van der Waals surface area contributed by atoms with Crippen molar-refractivity contribution in [3.05, 3.63) is 35.6 Å². The smallest absolute Gasteiger partial charge is 0.123 e. The molecule has 1 saturated carbocycles. The maximum atomic E-state index is 12.7. The number of hydrogen-bond acceptors (Lipinski definition) is 1. The first-order valence-electron chi connectivity index (χ1n) is 5.50. The van der Waals surface area contributed by atoms with Crippen LogP contribution in [0.4, 0.5) is 4.39 Å². The summed E-state index contributed by atoms with van der Waals surface area (Å²) in [7, 11) is 0. The molecule has 0 radical (unpaired) electrons. The van der Waals surface area contributed by atoms with Gasteiger partial charge in [-0.15, -0.1) is 0 Å². The molecule has 1 aromatic rings. The molecule has 1 nitrogen and oxygen atoms in total.